The van der Waals surface area contributed by atoms with Gasteiger partial charge in [0.2, 0.25) is 5.91 Å². The monoisotopic (exact) mass is 421 g/mol. The first-order chi connectivity index (χ1) is 12.0. The van der Waals surface area contributed by atoms with Crippen molar-refractivity contribution in [3.8, 4) is 0 Å². The van der Waals surface area contributed by atoms with Gasteiger partial charge < -0.3 is 5.32 Å². The number of amides is 1. The van der Waals surface area contributed by atoms with Crippen LogP contribution >= 0.6 is 27.5 Å². The third-order valence-corrected chi connectivity index (χ3v) is 4.35. The van der Waals surface area contributed by atoms with Crippen LogP contribution in [-0.4, -0.2) is 25.5 Å². The normalized spacial score (nSPS) is 12.1. The second-order valence-corrected chi connectivity index (χ2v) is 6.93. The first-order valence-electron chi connectivity index (χ1n) is 7.83. The van der Waals surface area contributed by atoms with Gasteiger partial charge in [-0.25, -0.2) is 0 Å². The number of benzene rings is 1. The largest absolute Gasteiger partial charge is 0.307 e. The lowest BCUT2D eigenvalue weighted by Gasteiger charge is -2.14. The molecule has 1 N–H and O–H groups in total. The Kier molecular flexibility index (Phi) is 5.55. The van der Waals surface area contributed by atoms with Crippen LogP contribution in [0, 0.1) is 0 Å². The Morgan fingerprint density at radius 2 is 2.24 bits per heavy atom. The number of anilines is 1. The summed E-state index contributed by atoms with van der Waals surface area (Å²) >= 11 is 9.34. The highest BCUT2D eigenvalue weighted by Gasteiger charge is 2.20. The van der Waals surface area contributed by atoms with E-state index in [0.29, 0.717) is 23.8 Å². The van der Waals surface area contributed by atoms with E-state index in [1.54, 1.807) is 27.8 Å². The summed E-state index contributed by atoms with van der Waals surface area (Å²) in [5, 5.41) is 12.1. The highest BCUT2D eigenvalue weighted by molar-refractivity contribution is 9.10. The predicted molar refractivity (Wildman–Crippen MR) is 101 cm³/mol. The van der Waals surface area contributed by atoms with Gasteiger partial charge >= 0.3 is 0 Å². The molecule has 0 aliphatic carbocycles. The van der Waals surface area contributed by atoms with E-state index < -0.39 is 0 Å². The van der Waals surface area contributed by atoms with Gasteiger partial charge in [0.05, 0.1) is 17.2 Å². The molecule has 0 saturated heterocycles. The van der Waals surface area contributed by atoms with Gasteiger partial charge in [-0.1, -0.05) is 30.7 Å². The molecule has 0 saturated carbocycles. The molecular formula is C17H17BrClN5O. The highest BCUT2D eigenvalue weighted by Crippen LogP contribution is 2.17. The van der Waals surface area contributed by atoms with Crippen molar-refractivity contribution >= 4 is 39.3 Å². The molecule has 130 valence electrons. The zero-order chi connectivity index (χ0) is 17.8. The van der Waals surface area contributed by atoms with E-state index in [-0.39, 0.29) is 11.9 Å². The average Bonchev–Trinajstić information content (AvgIpc) is 3.17. The number of nitrogens with zero attached hydrogens (tertiary/aromatic N) is 4. The predicted octanol–water partition coefficient (Wildman–Crippen LogP) is 4.13. The van der Waals surface area contributed by atoms with Gasteiger partial charge in [-0.2, -0.15) is 10.2 Å². The van der Waals surface area contributed by atoms with E-state index in [4.69, 9.17) is 11.6 Å². The molecule has 1 aromatic carbocycles. The molecule has 2 aromatic heterocycles. The number of halogens is 2. The molecule has 2 heterocycles. The van der Waals surface area contributed by atoms with Crippen LogP contribution in [0.1, 0.15) is 24.9 Å². The summed E-state index contributed by atoms with van der Waals surface area (Å²) in [6.07, 6.45) is 5.90. The van der Waals surface area contributed by atoms with Crippen LogP contribution < -0.4 is 5.32 Å². The zero-order valence-electron chi connectivity index (χ0n) is 13.6. The number of aromatic nitrogens is 4. The van der Waals surface area contributed by atoms with Crippen molar-refractivity contribution in [2.75, 3.05) is 5.32 Å². The number of nitrogens with one attached hydrogen (secondary N) is 1. The first-order valence-corrected chi connectivity index (χ1v) is 9.00. The summed E-state index contributed by atoms with van der Waals surface area (Å²) in [5.41, 5.74) is 1.04. The van der Waals surface area contributed by atoms with Crippen molar-refractivity contribution in [1.82, 2.24) is 19.6 Å². The lowest BCUT2D eigenvalue weighted by atomic mass is 10.2. The van der Waals surface area contributed by atoms with Crippen molar-refractivity contribution in [1.29, 1.82) is 0 Å². The fourth-order valence-electron chi connectivity index (χ4n) is 2.53. The third-order valence-electron chi connectivity index (χ3n) is 3.70. The van der Waals surface area contributed by atoms with Crippen molar-refractivity contribution < 1.29 is 4.79 Å². The summed E-state index contributed by atoms with van der Waals surface area (Å²) in [6.45, 7) is 2.53. The summed E-state index contributed by atoms with van der Waals surface area (Å²) in [6, 6.07) is 8.99. The minimum Gasteiger partial charge on any atom is -0.307 e. The fourth-order valence-corrected chi connectivity index (χ4v) is 3.04. The molecule has 3 rings (SSSR count). The topological polar surface area (TPSA) is 64.7 Å². The molecule has 1 unspecified atom stereocenters. The summed E-state index contributed by atoms with van der Waals surface area (Å²) in [7, 11) is 0. The molecule has 0 spiro atoms. The van der Waals surface area contributed by atoms with Crippen LogP contribution in [-0.2, 0) is 11.3 Å². The van der Waals surface area contributed by atoms with E-state index in [0.717, 1.165) is 10.0 Å². The van der Waals surface area contributed by atoms with E-state index in [9.17, 15) is 4.79 Å². The quantitative estimate of drug-likeness (QED) is 0.649. The van der Waals surface area contributed by atoms with E-state index >= 15 is 0 Å². The number of hydrogen-bond donors (Lipinski definition) is 1. The van der Waals surface area contributed by atoms with Gasteiger partial charge in [-0.15, -0.1) is 0 Å². The van der Waals surface area contributed by atoms with Gasteiger partial charge in [-0.05, 0) is 40.0 Å². The molecular weight excluding hydrogens is 406 g/mol. The Morgan fingerprint density at radius 3 is 2.92 bits per heavy atom. The maximum atomic E-state index is 12.5. The molecule has 0 radical (unpaired) electrons. The molecule has 0 aliphatic rings. The molecule has 0 bridgehead atoms. The third kappa shape index (κ3) is 4.49. The van der Waals surface area contributed by atoms with Crippen molar-refractivity contribution in [3.63, 3.8) is 0 Å². The molecule has 3 aromatic rings. The average molecular weight is 423 g/mol. The molecule has 6 nitrogen and oxygen atoms in total. The molecule has 0 fully saturated rings. The van der Waals surface area contributed by atoms with Gasteiger partial charge in [0, 0.05) is 23.5 Å². The molecule has 8 heteroatoms. The minimum atomic E-state index is -0.385. The van der Waals surface area contributed by atoms with Crippen LogP contribution in [0.2, 0.25) is 5.02 Å². The Balaban J connectivity index is 1.67. The SMILES string of the molecule is CCC(C(=O)Nc1ccn(Cc2cccc(Cl)c2)n1)n1cc(Br)cn1. The summed E-state index contributed by atoms with van der Waals surface area (Å²) in [4.78, 5) is 12.5. The number of carbonyl (C=O) groups excluding carboxylic acids is 1. The standard InChI is InChI=1S/C17H17BrClN5O/c1-2-15(24-11-13(18)9-20-24)17(25)21-16-6-7-23(22-16)10-12-4-3-5-14(19)8-12/h3-9,11,15H,2,10H2,1H3,(H,21,22,25). The Labute approximate surface area is 158 Å². The second kappa shape index (κ2) is 7.84. The highest BCUT2D eigenvalue weighted by atomic mass is 79.9. The Bertz CT molecular complexity index is 875. The van der Waals surface area contributed by atoms with Crippen LogP contribution in [0.4, 0.5) is 5.82 Å². The van der Waals surface area contributed by atoms with Crippen molar-refractivity contribution in [2.45, 2.75) is 25.9 Å². The number of rotatable bonds is 6. The fraction of sp³-hybridized carbons (Fsp3) is 0.235. The zero-order valence-corrected chi connectivity index (χ0v) is 15.9. The van der Waals surface area contributed by atoms with E-state index in [1.807, 2.05) is 37.4 Å². The first kappa shape index (κ1) is 17.7. The number of carbonyl (C=O) groups is 1. The maximum absolute atomic E-state index is 12.5. The Hall–Kier alpha value is -2.12. The number of hydrogen-bond acceptors (Lipinski definition) is 3. The molecule has 25 heavy (non-hydrogen) atoms. The lowest BCUT2D eigenvalue weighted by Crippen LogP contribution is -2.26. The van der Waals surface area contributed by atoms with Crippen LogP contribution in [0.3, 0.4) is 0 Å². The lowest BCUT2D eigenvalue weighted by molar-refractivity contribution is -0.119. The van der Waals surface area contributed by atoms with Gasteiger partial charge in [0.1, 0.15) is 6.04 Å². The minimum absolute atomic E-state index is 0.147. The molecule has 0 aliphatic heterocycles. The molecule has 1 amide bonds. The molecule has 1 atom stereocenters. The summed E-state index contributed by atoms with van der Waals surface area (Å²) in [5.74, 6) is 0.364. The van der Waals surface area contributed by atoms with Crippen LogP contribution in [0.15, 0.2) is 53.4 Å². The van der Waals surface area contributed by atoms with E-state index in [1.165, 1.54) is 0 Å². The van der Waals surface area contributed by atoms with E-state index in [2.05, 4.69) is 31.4 Å². The maximum Gasteiger partial charge on any atom is 0.250 e. The second-order valence-electron chi connectivity index (χ2n) is 5.58. The van der Waals surface area contributed by atoms with Crippen molar-refractivity contribution in [2.24, 2.45) is 0 Å². The van der Waals surface area contributed by atoms with Gasteiger partial charge in [0.15, 0.2) is 5.82 Å². The van der Waals surface area contributed by atoms with Crippen molar-refractivity contribution in [3.05, 3.63) is 64.0 Å². The van der Waals surface area contributed by atoms with Crippen LogP contribution in [0.5, 0.6) is 0 Å². The summed E-state index contributed by atoms with van der Waals surface area (Å²) < 4.78 is 4.24. The van der Waals surface area contributed by atoms with Gasteiger partial charge in [-0.3, -0.25) is 14.2 Å². The smallest absolute Gasteiger partial charge is 0.250 e. The Morgan fingerprint density at radius 1 is 1.40 bits per heavy atom. The van der Waals surface area contributed by atoms with Gasteiger partial charge in [0.25, 0.3) is 0 Å². The van der Waals surface area contributed by atoms with Crippen LogP contribution in [0.25, 0.3) is 0 Å².